The van der Waals surface area contributed by atoms with Gasteiger partial charge in [0.25, 0.3) is 0 Å². The molecule has 0 bridgehead atoms. The predicted octanol–water partition coefficient (Wildman–Crippen LogP) is 4.54. The highest BCUT2D eigenvalue weighted by Crippen LogP contribution is 2.42. The number of aromatic nitrogens is 1. The van der Waals surface area contributed by atoms with Crippen LogP contribution in [0, 0.1) is 34.7 Å². The Kier molecular flexibility index (Phi) is 9.30. The SMILES string of the molecule is COc1ccc2ncc(CN)c([C@H](O)CCC3(CC(=O)O)CCN(CC#Cc4c(F)cc(F)cc4F)CC3)c2c1. The van der Waals surface area contributed by atoms with Crippen molar-refractivity contribution in [3.8, 4) is 17.6 Å². The van der Waals surface area contributed by atoms with E-state index in [-0.39, 0.29) is 19.5 Å². The number of piperidine rings is 1. The molecule has 4 N–H and O–H groups in total. The summed E-state index contributed by atoms with van der Waals surface area (Å²) in [6, 6.07) is 6.60. The van der Waals surface area contributed by atoms with Crippen LogP contribution in [0.4, 0.5) is 13.2 Å². The Hall–Kier alpha value is -3.65. The fraction of sp³-hybridized carbons (Fsp3) is 0.400. The molecular weight excluding hydrogens is 523 g/mol. The smallest absolute Gasteiger partial charge is 0.303 e. The molecule has 1 aliphatic heterocycles. The fourth-order valence-electron chi connectivity index (χ4n) is 5.43. The number of pyridine rings is 1. The van der Waals surface area contributed by atoms with E-state index in [0.717, 1.165) is 5.39 Å². The number of carboxylic acids is 1. The van der Waals surface area contributed by atoms with Gasteiger partial charge in [0.05, 0.1) is 37.3 Å². The number of rotatable bonds is 9. The second-order valence-corrected chi connectivity index (χ2v) is 10.2. The number of methoxy groups -OCH3 is 1. The van der Waals surface area contributed by atoms with Gasteiger partial charge in [-0.2, -0.15) is 0 Å². The standard InChI is InChI=1S/C30H32F3N3O4/c1-40-21-4-5-26-23(15-21)29(19(17-34)18-35-26)27(37)6-7-30(16-28(38)39)8-11-36(12-9-30)10-2-3-22-24(32)13-20(31)14-25(22)33/h4-5,13-15,18,27,37H,6-12,16-17,34H2,1H3,(H,38,39)/t27-/m1/s1. The summed E-state index contributed by atoms with van der Waals surface area (Å²) < 4.78 is 46.2. The van der Waals surface area contributed by atoms with Gasteiger partial charge in [-0.15, -0.1) is 0 Å². The van der Waals surface area contributed by atoms with E-state index in [1.165, 1.54) is 0 Å². The quantitative estimate of drug-likeness (QED) is 0.333. The zero-order valence-electron chi connectivity index (χ0n) is 22.2. The van der Waals surface area contributed by atoms with Crippen LogP contribution in [-0.2, 0) is 11.3 Å². The Morgan fingerprint density at radius 3 is 2.52 bits per heavy atom. The predicted molar refractivity (Wildman–Crippen MR) is 144 cm³/mol. The van der Waals surface area contributed by atoms with Gasteiger partial charge in [-0.05, 0) is 73.5 Å². The van der Waals surface area contributed by atoms with Crippen molar-refractivity contribution in [1.82, 2.24) is 9.88 Å². The number of carbonyl (C=O) groups is 1. The minimum atomic E-state index is -1.05. The van der Waals surface area contributed by atoms with Crippen LogP contribution in [0.3, 0.4) is 0 Å². The largest absolute Gasteiger partial charge is 0.497 e. The number of likely N-dealkylation sites (tertiary alicyclic amines) is 1. The summed E-state index contributed by atoms with van der Waals surface area (Å²) in [5, 5.41) is 21.7. The van der Waals surface area contributed by atoms with E-state index < -0.39 is 40.5 Å². The molecule has 212 valence electrons. The number of ether oxygens (including phenoxy) is 1. The number of halogens is 3. The zero-order chi connectivity index (χ0) is 28.9. The molecule has 0 unspecified atom stereocenters. The normalized spacial score (nSPS) is 15.8. The lowest BCUT2D eigenvalue weighted by molar-refractivity contribution is -0.141. The summed E-state index contributed by atoms with van der Waals surface area (Å²) in [4.78, 5) is 18.2. The molecule has 2 aromatic carbocycles. The van der Waals surface area contributed by atoms with E-state index in [1.807, 2.05) is 17.0 Å². The highest BCUT2D eigenvalue weighted by Gasteiger charge is 2.37. The minimum Gasteiger partial charge on any atom is -0.497 e. The molecule has 1 fully saturated rings. The number of carboxylic acid groups (broad SMARTS) is 1. The van der Waals surface area contributed by atoms with Gasteiger partial charge in [-0.25, -0.2) is 13.2 Å². The van der Waals surface area contributed by atoms with Crippen LogP contribution in [0.25, 0.3) is 10.9 Å². The van der Waals surface area contributed by atoms with Crippen molar-refractivity contribution in [1.29, 1.82) is 0 Å². The molecule has 0 amide bonds. The number of hydrogen-bond acceptors (Lipinski definition) is 6. The maximum atomic E-state index is 13.9. The number of nitrogens with two attached hydrogens (primary N) is 1. The molecule has 10 heteroatoms. The first-order valence-corrected chi connectivity index (χ1v) is 13.1. The number of fused-ring (bicyclic) bond motifs is 1. The monoisotopic (exact) mass is 555 g/mol. The zero-order valence-corrected chi connectivity index (χ0v) is 22.2. The summed E-state index contributed by atoms with van der Waals surface area (Å²) in [6.45, 7) is 1.49. The van der Waals surface area contributed by atoms with Crippen molar-refractivity contribution in [2.45, 2.75) is 44.8 Å². The lowest BCUT2D eigenvalue weighted by Gasteiger charge is -2.41. The summed E-state index contributed by atoms with van der Waals surface area (Å²) >= 11 is 0. The van der Waals surface area contributed by atoms with Crippen molar-refractivity contribution < 1.29 is 32.9 Å². The van der Waals surface area contributed by atoms with Crippen LogP contribution in [0.5, 0.6) is 5.75 Å². The second kappa shape index (κ2) is 12.7. The van der Waals surface area contributed by atoms with Crippen molar-refractivity contribution in [3.05, 3.63) is 70.7 Å². The third-order valence-corrected chi connectivity index (χ3v) is 7.67. The second-order valence-electron chi connectivity index (χ2n) is 10.2. The Balaban J connectivity index is 1.46. The van der Waals surface area contributed by atoms with Gasteiger partial charge in [-0.3, -0.25) is 14.7 Å². The van der Waals surface area contributed by atoms with Crippen molar-refractivity contribution >= 4 is 16.9 Å². The van der Waals surface area contributed by atoms with Crippen molar-refractivity contribution in [2.24, 2.45) is 11.1 Å². The molecule has 0 aliphatic carbocycles. The molecule has 7 nitrogen and oxygen atoms in total. The Morgan fingerprint density at radius 2 is 1.90 bits per heavy atom. The fourth-order valence-corrected chi connectivity index (χ4v) is 5.43. The molecule has 0 spiro atoms. The van der Waals surface area contributed by atoms with Gasteiger partial charge in [0.2, 0.25) is 0 Å². The lowest BCUT2D eigenvalue weighted by Crippen LogP contribution is -2.41. The maximum Gasteiger partial charge on any atom is 0.303 e. The average Bonchev–Trinajstić information content (AvgIpc) is 2.92. The molecule has 0 radical (unpaired) electrons. The van der Waals surface area contributed by atoms with Crippen LogP contribution >= 0.6 is 0 Å². The van der Waals surface area contributed by atoms with Crippen LogP contribution in [0.2, 0.25) is 0 Å². The van der Waals surface area contributed by atoms with Gasteiger partial charge in [-0.1, -0.05) is 11.8 Å². The third-order valence-electron chi connectivity index (χ3n) is 7.67. The van der Waals surface area contributed by atoms with E-state index in [2.05, 4.69) is 16.8 Å². The number of aliphatic hydroxyl groups excluding tert-OH is 1. The molecule has 40 heavy (non-hydrogen) atoms. The summed E-state index contributed by atoms with van der Waals surface area (Å²) in [7, 11) is 1.56. The highest BCUT2D eigenvalue weighted by atomic mass is 19.1. The number of aliphatic hydroxyl groups is 1. The Bertz CT molecular complexity index is 1420. The number of hydrogen-bond donors (Lipinski definition) is 3. The van der Waals surface area contributed by atoms with Crippen LogP contribution < -0.4 is 10.5 Å². The first-order valence-electron chi connectivity index (χ1n) is 13.1. The molecule has 0 saturated carbocycles. The minimum absolute atomic E-state index is 0.0418. The van der Waals surface area contributed by atoms with Gasteiger partial charge >= 0.3 is 5.97 Å². The van der Waals surface area contributed by atoms with Gasteiger partial charge in [0.1, 0.15) is 23.2 Å². The molecule has 1 atom stereocenters. The summed E-state index contributed by atoms with van der Waals surface area (Å²) in [6.07, 6.45) is 2.65. The molecule has 3 aromatic rings. The van der Waals surface area contributed by atoms with Gasteiger partial charge < -0.3 is 20.7 Å². The van der Waals surface area contributed by atoms with Crippen molar-refractivity contribution in [3.63, 3.8) is 0 Å². The third kappa shape index (κ3) is 6.73. The molecule has 4 rings (SSSR count). The number of nitrogens with zero attached hydrogens (tertiary/aromatic N) is 2. The maximum absolute atomic E-state index is 13.9. The molecule has 2 heterocycles. The molecule has 1 aromatic heterocycles. The summed E-state index contributed by atoms with van der Waals surface area (Å²) in [5.74, 6) is 1.78. The van der Waals surface area contributed by atoms with Crippen LogP contribution in [0.15, 0.2) is 36.5 Å². The van der Waals surface area contributed by atoms with Gasteiger partial charge in [0, 0.05) is 30.3 Å². The highest BCUT2D eigenvalue weighted by molar-refractivity contribution is 5.85. The van der Waals surface area contributed by atoms with E-state index in [9.17, 15) is 28.2 Å². The Labute approximate surface area is 230 Å². The van der Waals surface area contributed by atoms with Gasteiger partial charge in [0.15, 0.2) is 0 Å². The van der Waals surface area contributed by atoms with E-state index in [1.54, 1.807) is 19.4 Å². The van der Waals surface area contributed by atoms with Crippen LogP contribution in [0.1, 0.15) is 54.9 Å². The van der Waals surface area contributed by atoms with Crippen molar-refractivity contribution in [2.75, 3.05) is 26.7 Å². The molecule has 1 saturated heterocycles. The molecular formula is C30H32F3N3O4. The Morgan fingerprint density at radius 1 is 1.20 bits per heavy atom. The van der Waals surface area contributed by atoms with E-state index >= 15 is 0 Å². The van der Waals surface area contributed by atoms with E-state index in [4.69, 9.17) is 10.5 Å². The summed E-state index contributed by atoms with van der Waals surface area (Å²) in [5.41, 5.74) is 7.03. The first-order chi connectivity index (χ1) is 19.1. The number of benzene rings is 2. The molecule has 1 aliphatic rings. The lowest BCUT2D eigenvalue weighted by atomic mass is 9.71. The average molecular weight is 556 g/mol. The number of aliphatic carboxylic acids is 1. The van der Waals surface area contributed by atoms with Crippen LogP contribution in [-0.4, -0.2) is 52.8 Å². The first kappa shape index (κ1) is 29.3. The topological polar surface area (TPSA) is 109 Å². The van der Waals surface area contributed by atoms with E-state index in [0.29, 0.717) is 73.3 Å².